The number of carbonyl (C=O) groups is 2. The molecule has 0 spiro atoms. The number of methoxy groups -OCH3 is 1. The summed E-state index contributed by atoms with van der Waals surface area (Å²) in [6, 6.07) is 13.7. The average molecular weight is 419 g/mol. The van der Waals surface area contributed by atoms with Gasteiger partial charge in [-0.15, -0.1) is 10.2 Å². The summed E-state index contributed by atoms with van der Waals surface area (Å²) >= 11 is 0. The van der Waals surface area contributed by atoms with Crippen LogP contribution in [0.25, 0.3) is 16.7 Å². The van der Waals surface area contributed by atoms with Crippen LogP contribution in [-0.4, -0.2) is 38.2 Å². The molecule has 0 fully saturated rings. The molecule has 158 valence electrons. The third-order valence-electron chi connectivity index (χ3n) is 4.95. The summed E-state index contributed by atoms with van der Waals surface area (Å²) in [5, 5.41) is 11.0. The highest BCUT2D eigenvalue weighted by Crippen LogP contribution is 2.17. The second-order valence-corrected chi connectivity index (χ2v) is 7.02. The van der Waals surface area contributed by atoms with Crippen LogP contribution in [0.4, 0.5) is 5.69 Å². The number of fused-ring (bicyclic) bond motifs is 3. The Bertz CT molecular complexity index is 1340. The van der Waals surface area contributed by atoms with Crippen LogP contribution in [-0.2, 0) is 22.5 Å². The summed E-state index contributed by atoms with van der Waals surface area (Å²) in [5.41, 5.74) is 2.07. The van der Waals surface area contributed by atoms with Gasteiger partial charge in [0.1, 0.15) is 12.4 Å². The smallest absolute Gasteiger partial charge is 0.337 e. The van der Waals surface area contributed by atoms with Crippen molar-refractivity contribution in [2.75, 3.05) is 12.4 Å². The Kier molecular flexibility index (Phi) is 5.48. The Labute approximate surface area is 177 Å². The van der Waals surface area contributed by atoms with Crippen molar-refractivity contribution in [1.29, 1.82) is 0 Å². The number of carbonyl (C=O) groups excluding carboxylic acids is 2. The van der Waals surface area contributed by atoms with Crippen LogP contribution in [0.1, 0.15) is 29.5 Å². The molecular weight excluding hydrogens is 398 g/mol. The van der Waals surface area contributed by atoms with Gasteiger partial charge in [-0.25, -0.2) is 4.79 Å². The number of benzene rings is 2. The van der Waals surface area contributed by atoms with Crippen LogP contribution < -0.4 is 10.9 Å². The van der Waals surface area contributed by atoms with Gasteiger partial charge in [0, 0.05) is 12.1 Å². The molecule has 9 heteroatoms. The highest BCUT2D eigenvalue weighted by molar-refractivity contribution is 5.93. The largest absolute Gasteiger partial charge is 0.465 e. The summed E-state index contributed by atoms with van der Waals surface area (Å²) in [6.07, 6.45) is 1.56. The van der Waals surface area contributed by atoms with Gasteiger partial charge in [0.05, 0.1) is 23.7 Å². The fourth-order valence-electron chi connectivity index (χ4n) is 3.51. The van der Waals surface area contributed by atoms with Crippen LogP contribution in [0.2, 0.25) is 0 Å². The van der Waals surface area contributed by atoms with E-state index < -0.39 is 5.97 Å². The number of hydrogen-bond acceptors (Lipinski definition) is 6. The van der Waals surface area contributed by atoms with Gasteiger partial charge >= 0.3 is 5.97 Å². The summed E-state index contributed by atoms with van der Waals surface area (Å²) in [6.45, 7) is 1.84. The Morgan fingerprint density at radius 2 is 1.74 bits per heavy atom. The molecule has 1 amide bonds. The molecular formula is C22H21N5O4. The standard InChI is InChI=1S/C22H21N5O4/c1-3-6-18-24-25-20-21(29)26(16-7-4-5-8-17(16)27(18)20)13-19(28)23-15-11-9-14(10-12-15)22(30)31-2/h4-5,7-12H,3,6,13H2,1-2H3,(H,23,28). The monoisotopic (exact) mass is 419 g/mol. The summed E-state index contributed by atoms with van der Waals surface area (Å²) in [7, 11) is 1.30. The van der Waals surface area contributed by atoms with Crippen molar-refractivity contribution in [2.24, 2.45) is 0 Å². The van der Waals surface area contributed by atoms with Crippen LogP contribution in [0, 0.1) is 0 Å². The summed E-state index contributed by atoms with van der Waals surface area (Å²) in [4.78, 5) is 37.3. The quantitative estimate of drug-likeness (QED) is 0.481. The zero-order valence-electron chi connectivity index (χ0n) is 17.2. The van der Waals surface area contributed by atoms with Crippen molar-refractivity contribution in [2.45, 2.75) is 26.3 Å². The number of nitrogens with zero attached hydrogens (tertiary/aromatic N) is 4. The second-order valence-electron chi connectivity index (χ2n) is 7.02. The molecule has 31 heavy (non-hydrogen) atoms. The molecule has 0 radical (unpaired) electrons. The number of aryl methyl sites for hydroxylation is 1. The van der Waals surface area contributed by atoms with Crippen molar-refractivity contribution >= 4 is 34.2 Å². The molecule has 0 saturated carbocycles. The van der Waals surface area contributed by atoms with E-state index in [0.29, 0.717) is 29.0 Å². The highest BCUT2D eigenvalue weighted by atomic mass is 16.5. The fourth-order valence-corrected chi connectivity index (χ4v) is 3.51. The first-order valence-corrected chi connectivity index (χ1v) is 9.87. The SMILES string of the molecule is CCCc1nnc2c(=O)n(CC(=O)Nc3ccc(C(=O)OC)cc3)c3ccccc3n12. The first-order chi connectivity index (χ1) is 15.0. The number of para-hydroxylation sites is 2. The number of hydrogen-bond donors (Lipinski definition) is 1. The molecule has 0 aliphatic heterocycles. The molecule has 2 heterocycles. The molecule has 4 rings (SSSR count). The van der Waals surface area contributed by atoms with Crippen molar-refractivity contribution in [3.05, 3.63) is 70.3 Å². The molecule has 1 N–H and O–H groups in total. The number of aromatic nitrogens is 4. The van der Waals surface area contributed by atoms with E-state index >= 15 is 0 Å². The average Bonchev–Trinajstić information content (AvgIpc) is 3.21. The number of rotatable bonds is 6. The molecule has 0 bridgehead atoms. The minimum Gasteiger partial charge on any atom is -0.465 e. The van der Waals surface area contributed by atoms with Gasteiger partial charge in [-0.05, 0) is 42.8 Å². The van der Waals surface area contributed by atoms with E-state index in [1.807, 2.05) is 25.1 Å². The molecule has 0 aliphatic carbocycles. The van der Waals surface area contributed by atoms with E-state index in [-0.39, 0.29) is 23.7 Å². The van der Waals surface area contributed by atoms with Crippen molar-refractivity contribution in [3.8, 4) is 0 Å². The number of amides is 1. The molecule has 0 unspecified atom stereocenters. The number of anilines is 1. The number of esters is 1. The molecule has 9 nitrogen and oxygen atoms in total. The topological polar surface area (TPSA) is 108 Å². The number of ether oxygens (including phenoxy) is 1. The molecule has 2 aromatic carbocycles. The van der Waals surface area contributed by atoms with Crippen LogP contribution >= 0.6 is 0 Å². The normalized spacial score (nSPS) is 11.0. The Balaban J connectivity index is 1.68. The van der Waals surface area contributed by atoms with E-state index in [0.717, 1.165) is 11.9 Å². The van der Waals surface area contributed by atoms with Crippen LogP contribution in [0.15, 0.2) is 53.3 Å². The first kappa shape index (κ1) is 20.3. The minimum absolute atomic E-state index is 0.190. The lowest BCUT2D eigenvalue weighted by molar-refractivity contribution is -0.116. The molecule has 0 atom stereocenters. The maximum absolute atomic E-state index is 13.1. The zero-order valence-corrected chi connectivity index (χ0v) is 17.2. The first-order valence-electron chi connectivity index (χ1n) is 9.87. The second kappa shape index (κ2) is 8.39. The number of nitrogens with one attached hydrogen (secondary N) is 1. The predicted octanol–water partition coefficient (Wildman–Crippen LogP) is 2.42. The third kappa shape index (κ3) is 3.77. The Morgan fingerprint density at radius 3 is 2.42 bits per heavy atom. The van der Waals surface area contributed by atoms with E-state index in [2.05, 4.69) is 20.3 Å². The van der Waals surface area contributed by atoms with Gasteiger partial charge in [-0.3, -0.25) is 18.6 Å². The van der Waals surface area contributed by atoms with E-state index in [9.17, 15) is 14.4 Å². The molecule has 0 aliphatic rings. The summed E-state index contributed by atoms with van der Waals surface area (Å²) < 4.78 is 7.83. The molecule has 0 saturated heterocycles. The van der Waals surface area contributed by atoms with Gasteiger partial charge in [0.2, 0.25) is 11.6 Å². The van der Waals surface area contributed by atoms with Crippen molar-refractivity contribution in [3.63, 3.8) is 0 Å². The maximum atomic E-state index is 13.1. The zero-order chi connectivity index (χ0) is 22.0. The van der Waals surface area contributed by atoms with E-state index in [4.69, 9.17) is 0 Å². The van der Waals surface area contributed by atoms with Crippen molar-refractivity contribution in [1.82, 2.24) is 19.2 Å². The third-order valence-corrected chi connectivity index (χ3v) is 4.95. The van der Waals surface area contributed by atoms with E-state index in [1.165, 1.54) is 11.7 Å². The lowest BCUT2D eigenvalue weighted by Gasteiger charge is -2.13. The maximum Gasteiger partial charge on any atom is 0.337 e. The Hall–Kier alpha value is -4.01. The van der Waals surface area contributed by atoms with Gasteiger partial charge in [0.15, 0.2) is 0 Å². The van der Waals surface area contributed by atoms with Crippen LogP contribution in [0.5, 0.6) is 0 Å². The van der Waals surface area contributed by atoms with Crippen molar-refractivity contribution < 1.29 is 14.3 Å². The minimum atomic E-state index is -0.458. The van der Waals surface area contributed by atoms with E-state index in [1.54, 1.807) is 34.7 Å². The van der Waals surface area contributed by atoms with Gasteiger partial charge in [-0.1, -0.05) is 19.1 Å². The molecule has 2 aromatic heterocycles. The summed E-state index contributed by atoms with van der Waals surface area (Å²) in [5.74, 6) is -0.122. The van der Waals surface area contributed by atoms with Gasteiger partial charge in [0.25, 0.3) is 5.56 Å². The highest BCUT2D eigenvalue weighted by Gasteiger charge is 2.17. The lowest BCUT2D eigenvalue weighted by atomic mass is 10.2. The van der Waals surface area contributed by atoms with Crippen LogP contribution in [0.3, 0.4) is 0 Å². The van der Waals surface area contributed by atoms with Gasteiger partial charge in [-0.2, -0.15) is 0 Å². The fraction of sp³-hybridized carbons (Fsp3) is 0.227. The Morgan fingerprint density at radius 1 is 1.03 bits per heavy atom. The molecule has 4 aromatic rings. The van der Waals surface area contributed by atoms with Gasteiger partial charge < -0.3 is 10.1 Å². The lowest BCUT2D eigenvalue weighted by Crippen LogP contribution is -2.29. The predicted molar refractivity (Wildman–Crippen MR) is 115 cm³/mol.